The molecule has 1 aliphatic heterocycles. The predicted octanol–water partition coefficient (Wildman–Crippen LogP) is 7.18. The fraction of sp³-hybridized carbons (Fsp3) is 0.444. The summed E-state index contributed by atoms with van der Waals surface area (Å²) in [6.07, 6.45) is -6.79. The largest absolute Gasteiger partial charge is 0.496 e. The standard InChI is InChI=1S/C14H11F4N5O2.C13H16BF4NO3.C7H7BrN4O.2CH4/c1-24-6-12-21-20-11-3-2-10(22-23(11)12)8-4-9(15)13(19-5-8)25-7-14(16,17)18;1-11(2)12(3,4)22-14(21-11)8-5-9(15)10(19-6-8)20-7-13(16,17)18;1-13-4-7-10-9-6-3-2-5(8)11-12(6)7;;/h2-5H,6-7H2,1H3;5-6H,7H2,1-4H3;2-3H,4H2,1H3;2*1H4. The van der Waals surface area contributed by atoms with E-state index in [1.165, 1.54) is 24.0 Å². The highest BCUT2D eigenvalue weighted by Crippen LogP contribution is 2.36. The van der Waals surface area contributed by atoms with Crippen LogP contribution in [-0.2, 0) is 32.0 Å². The molecule has 0 amide bonds. The van der Waals surface area contributed by atoms with E-state index in [0.717, 1.165) is 22.4 Å². The Kier molecular flexibility index (Phi) is 17.2. The lowest BCUT2D eigenvalue weighted by atomic mass is 9.80. The predicted molar refractivity (Wildman–Crippen MR) is 210 cm³/mol. The third-order valence-electron chi connectivity index (χ3n) is 8.37. The van der Waals surface area contributed by atoms with E-state index < -0.39 is 67.3 Å². The molecule has 1 fully saturated rings. The Morgan fingerprint density at radius 1 is 0.677 bits per heavy atom. The van der Waals surface area contributed by atoms with E-state index in [1.54, 1.807) is 23.8 Å². The van der Waals surface area contributed by atoms with Crippen LogP contribution in [-0.4, -0.2) is 108 Å². The van der Waals surface area contributed by atoms with Gasteiger partial charge in [0.2, 0.25) is 0 Å². The van der Waals surface area contributed by atoms with Gasteiger partial charge < -0.3 is 28.3 Å². The van der Waals surface area contributed by atoms with Gasteiger partial charge in [-0.3, -0.25) is 0 Å². The zero-order valence-corrected chi connectivity index (χ0v) is 33.9. The summed E-state index contributed by atoms with van der Waals surface area (Å²) in [5.41, 5.74) is 0.827. The van der Waals surface area contributed by atoms with Crippen LogP contribution >= 0.6 is 15.9 Å². The molecule has 7 heterocycles. The van der Waals surface area contributed by atoms with Gasteiger partial charge in [0.1, 0.15) is 17.8 Å². The summed E-state index contributed by atoms with van der Waals surface area (Å²) in [7, 11) is 2.26. The van der Waals surface area contributed by atoms with E-state index in [2.05, 4.69) is 66.0 Å². The maximum atomic E-state index is 13.9. The Bertz CT molecular complexity index is 2390. The molecule has 338 valence electrons. The number of fused-ring (bicyclic) bond motifs is 2. The lowest BCUT2D eigenvalue weighted by molar-refractivity contribution is -0.155. The maximum absolute atomic E-state index is 13.9. The van der Waals surface area contributed by atoms with E-state index in [9.17, 15) is 35.1 Å². The number of alkyl halides is 6. The van der Waals surface area contributed by atoms with Crippen molar-refractivity contribution >= 4 is 39.8 Å². The Morgan fingerprint density at radius 2 is 1.15 bits per heavy atom. The molecular formula is C36H42BBrF8N10O6. The minimum absolute atomic E-state index is 0. The first-order chi connectivity index (χ1) is 28.1. The van der Waals surface area contributed by atoms with E-state index in [-0.39, 0.29) is 32.5 Å². The zero-order valence-electron chi connectivity index (χ0n) is 32.3. The number of ether oxygens (including phenoxy) is 4. The Balaban J connectivity index is 0.000000254. The second-order valence-electron chi connectivity index (χ2n) is 13.5. The van der Waals surface area contributed by atoms with Crippen LogP contribution in [0.25, 0.3) is 22.6 Å². The van der Waals surface area contributed by atoms with Gasteiger partial charge in [-0.25, -0.2) is 18.7 Å². The van der Waals surface area contributed by atoms with Crippen molar-refractivity contribution in [2.75, 3.05) is 27.4 Å². The highest BCUT2D eigenvalue weighted by molar-refractivity contribution is 9.10. The molecule has 0 bridgehead atoms. The Labute approximate surface area is 358 Å². The van der Waals surface area contributed by atoms with Gasteiger partial charge in [-0.1, -0.05) is 14.9 Å². The molecule has 26 heteroatoms. The lowest BCUT2D eigenvalue weighted by Crippen LogP contribution is -2.41. The third kappa shape index (κ3) is 13.2. The maximum Gasteiger partial charge on any atom is 0.496 e. The molecule has 0 unspecified atom stereocenters. The third-order valence-corrected chi connectivity index (χ3v) is 8.79. The number of hydrogen-bond donors (Lipinski definition) is 0. The van der Waals surface area contributed by atoms with Crippen molar-refractivity contribution in [3.05, 3.63) is 76.7 Å². The molecule has 0 spiro atoms. The molecule has 0 radical (unpaired) electrons. The van der Waals surface area contributed by atoms with Gasteiger partial charge in [0.15, 0.2) is 47.8 Å². The van der Waals surface area contributed by atoms with Crippen LogP contribution in [0.3, 0.4) is 0 Å². The second-order valence-corrected chi connectivity index (χ2v) is 14.3. The molecule has 0 N–H and O–H groups in total. The highest BCUT2D eigenvalue weighted by atomic mass is 79.9. The number of methoxy groups -OCH3 is 2. The van der Waals surface area contributed by atoms with Crippen LogP contribution in [0, 0.1) is 11.6 Å². The smallest absolute Gasteiger partial charge is 0.466 e. The van der Waals surface area contributed by atoms with Gasteiger partial charge in [-0.2, -0.15) is 45.6 Å². The molecule has 0 saturated carbocycles. The van der Waals surface area contributed by atoms with Crippen molar-refractivity contribution in [2.45, 2.75) is 79.3 Å². The SMILES string of the molecule is C.C.CC1(C)OB(c2cnc(OCC(F)(F)F)c(F)c2)OC1(C)C.COCc1nnc2ccc(-c3cnc(OCC(F)(F)F)c(F)c3)nn12.COCc1nnc2ccc(Br)nn12. The van der Waals surface area contributed by atoms with Crippen molar-refractivity contribution in [3.63, 3.8) is 0 Å². The molecule has 1 aliphatic rings. The van der Waals surface area contributed by atoms with Crippen LogP contribution in [0.5, 0.6) is 11.8 Å². The monoisotopic (exact) mass is 952 g/mol. The van der Waals surface area contributed by atoms with Gasteiger partial charge in [0, 0.05) is 37.6 Å². The summed E-state index contributed by atoms with van der Waals surface area (Å²) in [6, 6.07) is 8.83. The fourth-order valence-corrected chi connectivity index (χ4v) is 5.15. The molecule has 16 nitrogen and oxygen atoms in total. The highest BCUT2D eigenvalue weighted by Gasteiger charge is 2.52. The molecule has 6 aromatic heterocycles. The summed E-state index contributed by atoms with van der Waals surface area (Å²) >= 11 is 3.27. The summed E-state index contributed by atoms with van der Waals surface area (Å²) in [4.78, 5) is 7.15. The quantitative estimate of drug-likeness (QED) is 0.100. The van der Waals surface area contributed by atoms with Gasteiger partial charge in [0.05, 0.1) is 16.9 Å². The number of halogens is 9. The van der Waals surface area contributed by atoms with Crippen molar-refractivity contribution in [1.29, 1.82) is 0 Å². The van der Waals surface area contributed by atoms with Crippen LogP contribution in [0.1, 0.15) is 54.2 Å². The average Bonchev–Trinajstić information content (AvgIpc) is 3.82. The number of pyridine rings is 2. The van der Waals surface area contributed by atoms with Gasteiger partial charge >= 0.3 is 19.5 Å². The van der Waals surface area contributed by atoms with Crippen molar-refractivity contribution < 1.29 is 63.4 Å². The van der Waals surface area contributed by atoms with E-state index >= 15 is 0 Å². The topological polar surface area (TPSA) is 167 Å². The van der Waals surface area contributed by atoms with Crippen LogP contribution < -0.4 is 14.9 Å². The molecular weight excluding hydrogens is 911 g/mol. The molecule has 62 heavy (non-hydrogen) atoms. The summed E-state index contributed by atoms with van der Waals surface area (Å²) in [5, 5.41) is 24.1. The lowest BCUT2D eigenvalue weighted by Gasteiger charge is -2.32. The first-order valence-corrected chi connectivity index (χ1v) is 18.0. The Hall–Kier alpha value is -5.18. The summed E-state index contributed by atoms with van der Waals surface area (Å²) < 4.78 is 134. The van der Waals surface area contributed by atoms with Crippen molar-refractivity contribution in [3.8, 4) is 23.0 Å². The van der Waals surface area contributed by atoms with Crippen LogP contribution in [0.4, 0.5) is 35.1 Å². The molecule has 6 aromatic rings. The van der Waals surface area contributed by atoms with Crippen LogP contribution in [0.15, 0.2) is 53.4 Å². The fourth-order valence-electron chi connectivity index (χ4n) is 4.86. The normalized spacial score (nSPS) is 14.3. The summed E-state index contributed by atoms with van der Waals surface area (Å²) in [5.74, 6) is -2.33. The van der Waals surface area contributed by atoms with Gasteiger partial charge in [-0.15, -0.1) is 20.4 Å². The second kappa shape index (κ2) is 20.8. The number of hydrogen-bond acceptors (Lipinski definition) is 14. The first kappa shape index (κ1) is 51.2. The number of rotatable bonds is 10. The van der Waals surface area contributed by atoms with Crippen molar-refractivity contribution in [2.24, 2.45) is 0 Å². The van der Waals surface area contributed by atoms with E-state index in [4.69, 9.17) is 18.8 Å². The van der Waals surface area contributed by atoms with Crippen molar-refractivity contribution in [1.82, 2.24) is 49.6 Å². The minimum Gasteiger partial charge on any atom is -0.466 e. The number of nitrogens with zero attached hydrogens (tertiary/aromatic N) is 10. The molecule has 7 rings (SSSR count). The molecule has 0 atom stereocenters. The minimum atomic E-state index is -4.58. The zero-order chi connectivity index (χ0) is 44.0. The molecule has 1 saturated heterocycles. The molecule has 0 aromatic carbocycles. The molecule has 0 aliphatic carbocycles. The first-order valence-electron chi connectivity index (χ1n) is 17.2. The van der Waals surface area contributed by atoms with Crippen LogP contribution in [0.2, 0.25) is 0 Å². The van der Waals surface area contributed by atoms with E-state index in [0.29, 0.717) is 29.6 Å². The van der Waals surface area contributed by atoms with Gasteiger partial charge in [0.25, 0.3) is 11.8 Å². The Morgan fingerprint density at radius 3 is 1.61 bits per heavy atom. The van der Waals surface area contributed by atoms with Gasteiger partial charge in [-0.05, 0) is 80.0 Å². The van der Waals surface area contributed by atoms with E-state index in [1.807, 2.05) is 39.8 Å². The summed E-state index contributed by atoms with van der Waals surface area (Å²) in [6.45, 7) is 4.68. The average molecular weight is 953 g/mol. The number of aromatic nitrogens is 10.